The van der Waals surface area contributed by atoms with E-state index >= 15 is 0 Å². The molecule has 1 atom stereocenters. The molecular weight excluding hydrogens is 242 g/mol. The first-order valence-electron chi connectivity index (χ1n) is 7.30. The number of hydrogen-bond acceptors (Lipinski definition) is 4. The van der Waals surface area contributed by atoms with Crippen molar-refractivity contribution in [2.45, 2.75) is 44.3 Å². The van der Waals surface area contributed by atoms with E-state index in [0.29, 0.717) is 6.10 Å². The summed E-state index contributed by atoms with van der Waals surface area (Å²) in [5.74, 6) is 1.15. The van der Waals surface area contributed by atoms with Gasteiger partial charge in [0.1, 0.15) is 5.60 Å². The van der Waals surface area contributed by atoms with Gasteiger partial charge in [-0.1, -0.05) is 0 Å². The van der Waals surface area contributed by atoms with E-state index in [4.69, 9.17) is 9.47 Å². The molecule has 4 rings (SSSR count). The van der Waals surface area contributed by atoms with Crippen LogP contribution in [0.4, 0.5) is 5.82 Å². The Hall–Kier alpha value is -1.07. The topological polar surface area (TPSA) is 50.4 Å². The van der Waals surface area contributed by atoms with Crippen molar-refractivity contribution >= 4 is 5.82 Å². The molecule has 3 aliphatic heterocycles. The second kappa shape index (κ2) is 4.21. The predicted octanol–water partition coefficient (Wildman–Crippen LogP) is 1.42. The van der Waals surface area contributed by atoms with Crippen molar-refractivity contribution < 1.29 is 9.47 Å². The van der Waals surface area contributed by atoms with Gasteiger partial charge in [0, 0.05) is 24.3 Å². The molecule has 3 aliphatic rings. The number of ether oxygens (including phenoxy) is 2. The molecule has 1 aromatic heterocycles. The highest BCUT2D eigenvalue weighted by atomic mass is 16.6. The van der Waals surface area contributed by atoms with Crippen LogP contribution in [0.5, 0.6) is 0 Å². The van der Waals surface area contributed by atoms with Crippen molar-refractivity contribution in [3.8, 4) is 0 Å². The third kappa shape index (κ3) is 1.87. The summed E-state index contributed by atoms with van der Waals surface area (Å²) in [5, 5.41) is 7.59. The van der Waals surface area contributed by atoms with E-state index in [1.165, 1.54) is 17.7 Å². The number of nitrogens with zero attached hydrogens (tertiary/aromatic N) is 2. The summed E-state index contributed by atoms with van der Waals surface area (Å²) in [4.78, 5) is 2.39. The summed E-state index contributed by atoms with van der Waals surface area (Å²) in [6.07, 6.45) is 5.01. The minimum absolute atomic E-state index is 0.0603. The zero-order valence-corrected chi connectivity index (χ0v) is 11.4. The molecule has 4 heterocycles. The van der Waals surface area contributed by atoms with Crippen LogP contribution < -0.4 is 4.90 Å². The van der Waals surface area contributed by atoms with Crippen LogP contribution in [0.25, 0.3) is 0 Å². The Kier molecular flexibility index (Phi) is 2.60. The van der Waals surface area contributed by atoms with Crippen molar-refractivity contribution in [2.75, 3.05) is 31.2 Å². The molecule has 1 N–H and O–H groups in total. The lowest BCUT2D eigenvalue weighted by Crippen LogP contribution is -2.50. The molecular formula is C14H21N3O2. The number of rotatable bonds is 2. The molecule has 1 aromatic rings. The van der Waals surface area contributed by atoms with Crippen molar-refractivity contribution in [1.82, 2.24) is 10.2 Å². The minimum atomic E-state index is 0.0603. The van der Waals surface area contributed by atoms with E-state index in [-0.39, 0.29) is 5.60 Å². The number of anilines is 1. The lowest BCUT2D eigenvalue weighted by atomic mass is 9.98. The monoisotopic (exact) mass is 263 g/mol. The predicted molar refractivity (Wildman–Crippen MR) is 71.5 cm³/mol. The number of nitrogens with one attached hydrogen (secondary N) is 1. The summed E-state index contributed by atoms with van der Waals surface area (Å²) >= 11 is 0. The molecule has 1 unspecified atom stereocenters. The Balaban J connectivity index is 1.46. The lowest BCUT2D eigenvalue weighted by Gasteiger charge is -2.38. The summed E-state index contributed by atoms with van der Waals surface area (Å²) in [5.41, 5.74) is 2.67. The molecule has 0 bridgehead atoms. The van der Waals surface area contributed by atoms with Crippen LogP contribution in [0.2, 0.25) is 0 Å². The highest BCUT2D eigenvalue weighted by molar-refractivity contribution is 5.51. The van der Waals surface area contributed by atoms with E-state index in [1.54, 1.807) is 0 Å². The fourth-order valence-corrected chi connectivity index (χ4v) is 3.54. The van der Waals surface area contributed by atoms with Crippen LogP contribution in [0.3, 0.4) is 0 Å². The Morgan fingerprint density at radius 2 is 2.37 bits per heavy atom. The largest absolute Gasteiger partial charge is 0.375 e. The lowest BCUT2D eigenvalue weighted by molar-refractivity contribution is -0.198. The molecule has 0 radical (unpaired) electrons. The molecule has 1 spiro atoms. The molecule has 2 saturated heterocycles. The summed E-state index contributed by atoms with van der Waals surface area (Å²) < 4.78 is 11.5. The van der Waals surface area contributed by atoms with Crippen molar-refractivity contribution in [3.63, 3.8) is 0 Å². The Morgan fingerprint density at radius 1 is 1.47 bits per heavy atom. The molecule has 0 amide bonds. The summed E-state index contributed by atoms with van der Waals surface area (Å²) in [7, 11) is 0. The van der Waals surface area contributed by atoms with Gasteiger partial charge in [0.25, 0.3) is 0 Å². The smallest absolute Gasteiger partial charge is 0.153 e. The standard InChI is InChI=1S/C14H21N3O2/c1-10-12-3-2-6-17(13(12)16-15-10)7-11-4-5-14(19-11)8-18-9-14/h11H,2-9H2,1H3,(H,15,16). The average molecular weight is 263 g/mol. The van der Waals surface area contributed by atoms with E-state index in [2.05, 4.69) is 22.0 Å². The van der Waals surface area contributed by atoms with Crippen molar-refractivity contribution in [3.05, 3.63) is 11.3 Å². The van der Waals surface area contributed by atoms with Crippen LogP contribution in [0.1, 0.15) is 30.5 Å². The van der Waals surface area contributed by atoms with Gasteiger partial charge in [-0.3, -0.25) is 5.10 Å². The zero-order chi connectivity index (χ0) is 12.9. The SMILES string of the molecule is Cc1[nH]nc2c1CCCN2CC1CCC2(COC2)O1. The quantitative estimate of drug-likeness (QED) is 0.876. The normalized spacial score (nSPS) is 28.5. The second-order valence-corrected chi connectivity index (χ2v) is 6.15. The van der Waals surface area contributed by atoms with Gasteiger partial charge in [-0.2, -0.15) is 5.10 Å². The van der Waals surface area contributed by atoms with Gasteiger partial charge in [-0.25, -0.2) is 0 Å². The van der Waals surface area contributed by atoms with Crippen LogP contribution in [0.15, 0.2) is 0 Å². The van der Waals surface area contributed by atoms with Crippen molar-refractivity contribution in [1.29, 1.82) is 0 Å². The third-order valence-corrected chi connectivity index (χ3v) is 4.70. The highest BCUT2D eigenvalue weighted by Crippen LogP contribution is 2.37. The number of hydrogen-bond donors (Lipinski definition) is 1. The van der Waals surface area contributed by atoms with Gasteiger partial charge in [-0.15, -0.1) is 0 Å². The fourth-order valence-electron chi connectivity index (χ4n) is 3.54. The zero-order valence-electron chi connectivity index (χ0n) is 11.4. The number of aryl methyl sites for hydroxylation is 1. The molecule has 5 heteroatoms. The van der Waals surface area contributed by atoms with E-state index < -0.39 is 0 Å². The molecule has 19 heavy (non-hydrogen) atoms. The van der Waals surface area contributed by atoms with E-state index in [1.807, 2.05) is 0 Å². The van der Waals surface area contributed by atoms with Crippen LogP contribution in [-0.4, -0.2) is 48.2 Å². The van der Waals surface area contributed by atoms with Gasteiger partial charge in [0.05, 0.1) is 19.3 Å². The molecule has 2 fully saturated rings. The van der Waals surface area contributed by atoms with Crippen LogP contribution >= 0.6 is 0 Å². The number of aromatic nitrogens is 2. The van der Waals surface area contributed by atoms with E-state index in [0.717, 1.165) is 51.4 Å². The number of fused-ring (bicyclic) bond motifs is 1. The minimum Gasteiger partial charge on any atom is -0.375 e. The third-order valence-electron chi connectivity index (χ3n) is 4.70. The van der Waals surface area contributed by atoms with Gasteiger partial charge in [0.2, 0.25) is 0 Å². The number of H-pyrrole nitrogens is 1. The first-order valence-corrected chi connectivity index (χ1v) is 7.30. The van der Waals surface area contributed by atoms with Crippen LogP contribution in [0, 0.1) is 6.92 Å². The Morgan fingerprint density at radius 3 is 3.11 bits per heavy atom. The van der Waals surface area contributed by atoms with Gasteiger partial charge < -0.3 is 14.4 Å². The van der Waals surface area contributed by atoms with E-state index in [9.17, 15) is 0 Å². The number of aromatic amines is 1. The first-order chi connectivity index (χ1) is 9.26. The second-order valence-electron chi connectivity index (χ2n) is 6.15. The van der Waals surface area contributed by atoms with Gasteiger partial charge >= 0.3 is 0 Å². The fraction of sp³-hybridized carbons (Fsp3) is 0.786. The average Bonchev–Trinajstić information content (AvgIpc) is 2.95. The van der Waals surface area contributed by atoms with Crippen molar-refractivity contribution in [2.24, 2.45) is 0 Å². The maximum Gasteiger partial charge on any atom is 0.153 e. The summed E-state index contributed by atoms with van der Waals surface area (Å²) in [6, 6.07) is 0. The van der Waals surface area contributed by atoms with Gasteiger partial charge in [-0.05, 0) is 32.6 Å². The summed E-state index contributed by atoms with van der Waals surface area (Å²) in [6.45, 7) is 5.76. The molecule has 0 aliphatic carbocycles. The van der Waals surface area contributed by atoms with Gasteiger partial charge in [0.15, 0.2) is 5.82 Å². The molecule has 0 aromatic carbocycles. The maximum absolute atomic E-state index is 6.20. The Bertz CT molecular complexity index is 481. The van der Waals surface area contributed by atoms with Crippen LogP contribution in [-0.2, 0) is 15.9 Å². The highest BCUT2D eigenvalue weighted by Gasteiger charge is 2.46. The maximum atomic E-state index is 6.20. The first kappa shape index (κ1) is 11.7. The molecule has 0 saturated carbocycles. The molecule has 5 nitrogen and oxygen atoms in total. The Labute approximate surface area is 113 Å². The molecule has 104 valence electrons.